The summed E-state index contributed by atoms with van der Waals surface area (Å²) in [6.45, 7) is 2.30. The van der Waals surface area contributed by atoms with E-state index in [9.17, 15) is 0 Å². The summed E-state index contributed by atoms with van der Waals surface area (Å²) >= 11 is 3.65. The molecule has 0 nitrogen and oxygen atoms in total. The van der Waals surface area contributed by atoms with E-state index in [1.165, 1.54) is 11.6 Å². The smallest absolute Gasteiger partial charge is 0.115 e. The van der Waals surface area contributed by atoms with E-state index in [1.54, 1.807) is 0 Å². The summed E-state index contributed by atoms with van der Waals surface area (Å²) in [5.41, 5.74) is 1.39. The van der Waals surface area contributed by atoms with E-state index in [-0.39, 0.29) is 0 Å². The van der Waals surface area contributed by atoms with E-state index in [1.807, 2.05) is 0 Å². The number of allylic oxidation sites excluding steroid dienone is 2. The highest BCUT2D eigenvalue weighted by molar-refractivity contribution is 9.24. The SMILES string of the molecule is C[SiH](Br)CC=CCc1ccccc1. The van der Waals surface area contributed by atoms with Crippen LogP contribution in [0.3, 0.4) is 0 Å². The minimum Gasteiger partial charge on any atom is -0.131 e. The van der Waals surface area contributed by atoms with Crippen LogP contribution in [0, 0.1) is 0 Å². The Morgan fingerprint density at radius 3 is 2.54 bits per heavy atom. The highest BCUT2D eigenvalue weighted by Gasteiger charge is 1.91. The van der Waals surface area contributed by atoms with Gasteiger partial charge in [-0.3, -0.25) is 0 Å². The van der Waals surface area contributed by atoms with Crippen molar-refractivity contribution in [3.63, 3.8) is 0 Å². The van der Waals surface area contributed by atoms with E-state index in [2.05, 4.69) is 64.3 Å². The molecule has 1 aromatic rings. The summed E-state index contributed by atoms with van der Waals surface area (Å²) in [5.74, 6) is 0. The van der Waals surface area contributed by atoms with Crippen molar-refractivity contribution in [3.8, 4) is 0 Å². The van der Waals surface area contributed by atoms with Crippen LogP contribution in [-0.2, 0) is 6.42 Å². The van der Waals surface area contributed by atoms with E-state index in [4.69, 9.17) is 0 Å². The first-order valence-corrected chi connectivity index (χ1v) is 9.77. The molecule has 0 N–H and O–H groups in total. The molecule has 1 atom stereocenters. The molecule has 0 spiro atoms. The third kappa shape index (κ3) is 5.06. The van der Waals surface area contributed by atoms with Crippen LogP contribution < -0.4 is 0 Å². The molecule has 0 amide bonds. The third-order valence-electron chi connectivity index (χ3n) is 1.82. The number of benzene rings is 1. The highest BCUT2D eigenvalue weighted by Crippen LogP contribution is 2.03. The predicted octanol–water partition coefficient (Wildman–Crippen LogP) is 3.53. The van der Waals surface area contributed by atoms with Crippen LogP contribution in [-0.4, -0.2) is 7.42 Å². The first-order valence-electron chi connectivity index (χ1n) is 4.62. The van der Waals surface area contributed by atoms with Gasteiger partial charge in [-0.25, -0.2) is 0 Å². The quantitative estimate of drug-likeness (QED) is 0.438. The Labute approximate surface area is 89.9 Å². The number of hydrogen-bond acceptors (Lipinski definition) is 0. The van der Waals surface area contributed by atoms with Gasteiger partial charge in [-0.05, 0) is 18.0 Å². The van der Waals surface area contributed by atoms with E-state index in [0.29, 0.717) is 0 Å². The lowest BCUT2D eigenvalue weighted by Gasteiger charge is -1.95. The van der Waals surface area contributed by atoms with Crippen LogP contribution in [0.2, 0.25) is 12.6 Å². The van der Waals surface area contributed by atoms with Crippen molar-refractivity contribution < 1.29 is 0 Å². The van der Waals surface area contributed by atoms with Gasteiger partial charge in [0, 0.05) is 0 Å². The topological polar surface area (TPSA) is 0 Å². The molecule has 0 fully saturated rings. The Morgan fingerprint density at radius 2 is 1.92 bits per heavy atom. The average Bonchev–Trinajstić information content (AvgIpc) is 2.14. The molecule has 0 saturated heterocycles. The van der Waals surface area contributed by atoms with Gasteiger partial charge in [-0.2, -0.15) is 0 Å². The molecule has 0 aliphatic rings. The molecule has 0 aliphatic heterocycles. The molecule has 1 rings (SSSR count). The summed E-state index contributed by atoms with van der Waals surface area (Å²) in [5, 5.41) is 0. The fourth-order valence-corrected chi connectivity index (χ4v) is 2.33. The number of halogens is 1. The van der Waals surface area contributed by atoms with Crippen LogP contribution >= 0.6 is 15.3 Å². The lowest BCUT2D eigenvalue weighted by molar-refractivity contribution is 1.26. The average molecular weight is 255 g/mol. The van der Waals surface area contributed by atoms with Crippen molar-refractivity contribution in [3.05, 3.63) is 48.0 Å². The molecule has 0 aliphatic carbocycles. The van der Waals surface area contributed by atoms with Gasteiger partial charge in [0.25, 0.3) is 0 Å². The standard InChI is InChI=1S/C11H15BrSi/c1-13(12)10-6-5-9-11-7-3-2-4-8-11/h2-8,13H,9-10H2,1H3. The second-order valence-corrected chi connectivity index (χ2v) is 9.90. The van der Waals surface area contributed by atoms with Crippen LogP contribution in [0.5, 0.6) is 0 Å². The van der Waals surface area contributed by atoms with Crippen LogP contribution in [0.1, 0.15) is 5.56 Å². The lowest BCUT2D eigenvalue weighted by atomic mass is 10.1. The third-order valence-corrected chi connectivity index (χ3v) is 3.87. The minimum atomic E-state index is -0.570. The largest absolute Gasteiger partial charge is 0.131 e. The first kappa shape index (κ1) is 10.7. The molecular weight excluding hydrogens is 240 g/mol. The first-order chi connectivity index (χ1) is 6.29. The van der Waals surface area contributed by atoms with Gasteiger partial charge >= 0.3 is 0 Å². The van der Waals surface area contributed by atoms with Crippen molar-refractivity contribution in [2.45, 2.75) is 19.0 Å². The van der Waals surface area contributed by atoms with Crippen molar-refractivity contribution in [2.24, 2.45) is 0 Å². The summed E-state index contributed by atoms with van der Waals surface area (Å²) < 4.78 is 0. The summed E-state index contributed by atoms with van der Waals surface area (Å²) in [6.07, 6.45) is 5.62. The van der Waals surface area contributed by atoms with Gasteiger partial charge in [-0.1, -0.05) is 49.0 Å². The molecule has 0 bridgehead atoms. The fraction of sp³-hybridized carbons (Fsp3) is 0.273. The minimum absolute atomic E-state index is 0.570. The van der Waals surface area contributed by atoms with Gasteiger partial charge < -0.3 is 0 Å². The Kier molecular flexibility index (Phi) is 5.09. The molecule has 1 unspecified atom stereocenters. The summed E-state index contributed by atoms with van der Waals surface area (Å²) in [4.78, 5) is 0. The molecule has 2 heteroatoms. The number of hydrogen-bond donors (Lipinski definition) is 0. The Balaban J connectivity index is 2.31. The van der Waals surface area contributed by atoms with Gasteiger partial charge in [0.2, 0.25) is 0 Å². The van der Waals surface area contributed by atoms with Crippen molar-refractivity contribution >= 4 is 22.7 Å². The van der Waals surface area contributed by atoms with Gasteiger partial charge in [0.05, 0.1) is 0 Å². The maximum Gasteiger partial charge on any atom is 0.115 e. The van der Waals surface area contributed by atoms with Crippen LogP contribution in [0.15, 0.2) is 42.5 Å². The van der Waals surface area contributed by atoms with Crippen molar-refractivity contribution in [1.82, 2.24) is 0 Å². The normalized spacial score (nSPS) is 13.4. The molecule has 0 saturated carbocycles. The molecular formula is C11H15BrSi. The monoisotopic (exact) mass is 254 g/mol. The molecule has 0 aromatic heterocycles. The number of rotatable bonds is 4. The van der Waals surface area contributed by atoms with Crippen molar-refractivity contribution in [2.75, 3.05) is 0 Å². The molecule has 1 aromatic carbocycles. The van der Waals surface area contributed by atoms with Gasteiger partial charge in [-0.15, -0.1) is 15.3 Å². The second kappa shape index (κ2) is 6.16. The van der Waals surface area contributed by atoms with Crippen LogP contribution in [0.4, 0.5) is 0 Å². The Hall–Kier alpha value is -0.343. The molecule has 70 valence electrons. The van der Waals surface area contributed by atoms with E-state index >= 15 is 0 Å². The second-order valence-electron chi connectivity index (χ2n) is 3.18. The van der Waals surface area contributed by atoms with E-state index in [0.717, 1.165) is 6.42 Å². The molecule has 13 heavy (non-hydrogen) atoms. The van der Waals surface area contributed by atoms with Gasteiger partial charge in [0.1, 0.15) is 7.42 Å². The fourth-order valence-electron chi connectivity index (χ4n) is 1.12. The maximum atomic E-state index is 3.65. The zero-order valence-electron chi connectivity index (χ0n) is 7.91. The van der Waals surface area contributed by atoms with Crippen molar-refractivity contribution in [1.29, 1.82) is 0 Å². The summed E-state index contributed by atoms with van der Waals surface area (Å²) in [6, 6.07) is 11.8. The van der Waals surface area contributed by atoms with Crippen LogP contribution in [0.25, 0.3) is 0 Å². The Morgan fingerprint density at radius 1 is 1.23 bits per heavy atom. The zero-order valence-corrected chi connectivity index (χ0v) is 10.7. The zero-order chi connectivity index (χ0) is 9.52. The lowest BCUT2D eigenvalue weighted by Crippen LogP contribution is -1.90. The maximum absolute atomic E-state index is 3.65. The van der Waals surface area contributed by atoms with E-state index < -0.39 is 7.42 Å². The molecule has 0 heterocycles. The Bertz CT molecular complexity index is 254. The highest BCUT2D eigenvalue weighted by atomic mass is 79.9. The van der Waals surface area contributed by atoms with Gasteiger partial charge in [0.15, 0.2) is 0 Å². The predicted molar refractivity (Wildman–Crippen MR) is 66.0 cm³/mol. The molecule has 0 radical (unpaired) electrons. The summed E-state index contributed by atoms with van der Waals surface area (Å²) in [7, 11) is -0.570.